The average molecular weight is 406 g/mol. The SMILES string of the molecule is COc1ncc(C)cc1NC(=O)c1ccc(C(=O)Nc2cc(C)cnc2OC)cc1. The number of aromatic nitrogens is 2. The van der Waals surface area contributed by atoms with Gasteiger partial charge >= 0.3 is 0 Å². The van der Waals surface area contributed by atoms with Gasteiger partial charge in [-0.25, -0.2) is 9.97 Å². The minimum absolute atomic E-state index is 0.325. The number of pyridine rings is 2. The molecule has 0 aliphatic rings. The number of carbonyl (C=O) groups is 2. The first-order valence-electron chi connectivity index (χ1n) is 9.15. The van der Waals surface area contributed by atoms with Gasteiger partial charge in [0.15, 0.2) is 0 Å². The number of carbonyl (C=O) groups excluding carboxylic acids is 2. The fourth-order valence-electron chi connectivity index (χ4n) is 2.78. The van der Waals surface area contributed by atoms with E-state index in [-0.39, 0.29) is 11.8 Å². The van der Waals surface area contributed by atoms with E-state index in [1.165, 1.54) is 14.2 Å². The van der Waals surface area contributed by atoms with Crippen molar-refractivity contribution in [3.63, 3.8) is 0 Å². The van der Waals surface area contributed by atoms with Crippen LogP contribution in [0, 0.1) is 13.8 Å². The lowest BCUT2D eigenvalue weighted by Gasteiger charge is -2.11. The predicted molar refractivity (Wildman–Crippen MR) is 113 cm³/mol. The van der Waals surface area contributed by atoms with Crippen LogP contribution in [0.5, 0.6) is 11.8 Å². The molecule has 0 bridgehead atoms. The van der Waals surface area contributed by atoms with Gasteiger partial charge in [-0.05, 0) is 61.4 Å². The van der Waals surface area contributed by atoms with Crippen LogP contribution in [0.25, 0.3) is 0 Å². The summed E-state index contributed by atoms with van der Waals surface area (Å²) in [7, 11) is 2.97. The molecule has 3 rings (SSSR count). The molecular weight excluding hydrogens is 384 g/mol. The van der Waals surface area contributed by atoms with E-state index in [1.807, 2.05) is 13.8 Å². The first kappa shape index (κ1) is 20.8. The van der Waals surface area contributed by atoms with Crippen LogP contribution < -0.4 is 20.1 Å². The van der Waals surface area contributed by atoms with Gasteiger partial charge in [0.25, 0.3) is 11.8 Å². The molecule has 30 heavy (non-hydrogen) atoms. The Bertz CT molecular complexity index is 994. The molecule has 8 heteroatoms. The molecule has 2 N–H and O–H groups in total. The molecule has 1 aromatic carbocycles. The number of nitrogens with one attached hydrogen (secondary N) is 2. The van der Waals surface area contributed by atoms with Crippen LogP contribution in [0.15, 0.2) is 48.8 Å². The predicted octanol–water partition coefficient (Wildman–Crippen LogP) is 3.62. The topological polar surface area (TPSA) is 102 Å². The number of aryl methyl sites for hydroxylation is 2. The van der Waals surface area contributed by atoms with Gasteiger partial charge in [0, 0.05) is 23.5 Å². The largest absolute Gasteiger partial charge is 0.480 e. The lowest BCUT2D eigenvalue weighted by atomic mass is 10.1. The van der Waals surface area contributed by atoms with Crippen LogP contribution >= 0.6 is 0 Å². The van der Waals surface area contributed by atoms with E-state index in [0.29, 0.717) is 34.3 Å². The van der Waals surface area contributed by atoms with Crippen molar-refractivity contribution >= 4 is 23.2 Å². The summed E-state index contributed by atoms with van der Waals surface area (Å²) in [6.07, 6.45) is 3.31. The highest BCUT2D eigenvalue weighted by atomic mass is 16.5. The van der Waals surface area contributed by atoms with E-state index in [9.17, 15) is 9.59 Å². The molecular formula is C22H22N4O4. The third-order valence-electron chi connectivity index (χ3n) is 4.27. The van der Waals surface area contributed by atoms with Gasteiger partial charge in [0.1, 0.15) is 11.4 Å². The monoisotopic (exact) mass is 406 g/mol. The second kappa shape index (κ2) is 9.04. The number of hydrogen-bond acceptors (Lipinski definition) is 6. The van der Waals surface area contributed by atoms with E-state index in [2.05, 4.69) is 20.6 Å². The maximum absolute atomic E-state index is 12.6. The first-order chi connectivity index (χ1) is 14.4. The number of anilines is 2. The van der Waals surface area contributed by atoms with E-state index in [1.54, 1.807) is 48.8 Å². The summed E-state index contributed by atoms with van der Waals surface area (Å²) in [5.41, 5.74) is 3.51. The number of ether oxygens (including phenoxy) is 2. The zero-order valence-corrected chi connectivity index (χ0v) is 17.1. The molecule has 2 amide bonds. The van der Waals surface area contributed by atoms with Gasteiger partial charge in [0.2, 0.25) is 11.8 Å². The van der Waals surface area contributed by atoms with Crippen LogP contribution in [-0.4, -0.2) is 36.0 Å². The number of methoxy groups -OCH3 is 2. The quantitative estimate of drug-likeness (QED) is 0.648. The van der Waals surface area contributed by atoms with Crippen LogP contribution in [0.1, 0.15) is 31.8 Å². The Balaban J connectivity index is 1.73. The zero-order valence-electron chi connectivity index (χ0n) is 17.1. The van der Waals surface area contributed by atoms with Crippen molar-refractivity contribution in [3.8, 4) is 11.8 Å². The number of benzene rings is 1. The summed E-state index contributed by atoms with van der Waals surface area (Å²) in [5.74, 6) is -0.0225. The van der Waals surface area contributed by atoms with Gasteiger partial charge in [-0.2, -0.15) is 0 Å². The highest BCUT2D eigenvalue weighted by Crippen LogP contribution is 2.24. The lowest BCUT2D eigenvalue weighted by Crippen LogP contribution is -2.15. The molecule has 3 aromatic rings. The molecule has 154 valence electrons. The Hall–Kier alpha value is -3.94. The van der Waals surface area contributed by atoms with Crippen molar-refractivity contribution in [2.75, 3.05) is 24.9 Å². The third kappa shape index (κ3) is 4.72. The number of hydrogen-bond donors (Lipinski definition) is 2. The normalized spacial score (nSPS) is 10.3. The van der Waals surface area contributed by atoms with Crippen molar-refractivity contribution in [1.82, 2.24) is 9.97 Å². The van der Waals surface area contributed by atoms with Gasteiger partial charge in [0.05, 0.1) is 14.2 Å². The second-order valence-electron chi connectivity index (χ2n) is 6.62. The summed E-state index contributed by atoms with van der Waals surface area (Å²) < 4.78 is 10.4. The zero-order chi connectivity index (χ0) is 21.7. The highest BCUT2D eigenvalue weighted by molar-refractivity contribution is 6.07. The van der Waals surface area contributed by atoms with Gasteiger partial charge in [-0.1, -0.05) is 0 Å². The van der Waals surface area contributed by atoms with Crippen LogP contribution in [-0.2, 0) is 0 Å². The highest BCUT2D eigenvalue weighted by Gasteiger charge is 2.14. The molecule has 0 radical (unpaired) electrons. The van der Waals surface area contributed by atoms with Crippen molar-refractivity contribution < 1.29 is 19.1 Å². The van der Waals surface area contributed by atoms with Crippen molar-refractivity contribution in [1.29, 1.82) is 0 Å². The van der Waals surface area contributed by atoms with Crippen LogP contribution in [0.2, 0.25) is 0 Å². The Kier molecular flexibility index (Phi) is 6.26. The van der Waals surface area contributed by atoms with E-state index in [0.717, 1.165) is 11.1 Å². The molecule has 0 aliphatic heterocycles. The molecule has 0 saturated heterocycles. The molecule has 0 spiro atoms. The third-order valence-corrected chi connectivity index (χ3v) is 4.27. The molecule has 2 aromatic heterocycles. The average Bonchev–Trinajstić information content (AvgIpc) is 2.74. The summed E-state index contributed by atoms with van der Waals surface area (Å²) >= 11 is 0. The molecule has 0 unspecified atom stereocenters. The molecule has 0 atom stereocenters. The lowest BCUT2D eigenvalue weighted by molar-refractivity contribution is 0.101. The molecule has 0 fully saturated rings. The maximum Gasteiger partial charge on any atom is 0.255 e. The minimum Gasteiger partial charge on any atom is -0.480 e. The Morgan fingerprint density at radius 2 is 1.10 bits per heavy atom. The second-order valence-corrected chi connectivity index (χ2v) is 6.62. The smallest absolute Gasteiger partial charge is 0.255 e. The molecule has 8 nitrogen and oxygen atoms in total. The fraction of sp³-hybridized carbons (Fsp3) is 0.182. The van der Waals surface area contributed by atoms with Crippen molar-refractivity contribution in [2.24, 2.45) is 0 Å². The van der Waals surface area contributed by atoms with Crippen molar-refractivity contribution in [2.45, 2.75) is 13.8 Å². The van der Waals surface area contributed by atoms with Crippen LogP contribution in [0.4, 0.5) is 11.4 Å². The fourth-order valence-corrected chi connectivity index (χ4v) is 2.78. The molecule has 0 saturated carbocycles. The summed E-state index contributed by atoms with van der Waals surface area (Å²) in [6, 6.07) is 9.85. The molecule has 0 aliphatic carbocycles. The Morgan fingerprint density at radius 1 is 0.733 bits per heavy atom. The van der Waals surface area contributed by atoms with Crippen LogP contribution in [0.3, 0.4) is 0 Å². The van der Waals surface area contributed by atoms with Crippen molar-refractivity contribution in [3.05, 3.63) is 71.0 Å². The Labute approximate surface area is 174 Å². The van der Waals surface area contributed by atoms with E-state index in [4.69, 9.17) is 9.47 Å². The van der Waals surface area contributed by atoms with E-state index < -0.39 is 0 Å². The number of nitrogens with zero attached hydrogens (tertiary/aromatic N) is 2. The van der Waals surface area contributed by atoms with Gasteiger partial charge in [-0.15, -0.1) is 0 Å². The standard InChI is InChI=1S/C22H22N4O4/c1-13-9-17(21(29-3)23-11-13)25-19(27)15-5-7-16(8-6-15)20(28)26-18-10-14(2)12-24-22(18)30-4/h5-12H,1-4H3,(H,25,27)(H,26,28). The summed E-state index contributed by atoms with van der Waals surface area (Å²) in [6.45, 7) is 3.74. The summed E-state index contributed by atoms with van der Waals surface area (Å²) in [5, 5.41) is 5.55. The first-order valence-corrected chi connectivity index (χ1v) is 9.15. The van der Waals surface area contributed by atoms with E-state index >= 15 is 0 Å². The van der Waals surface area contributed by atoms with Gasteiger partial charge < -0.3 is 20.1 Å². The Morgan fingerprint density at radius 3 is 1.43 bits per heavy atom. The maximum atomic E-state index is 12.6. The number of amides is 2. The number of rotatable bonds is 6. The summed E-state index contributed by atoms with van der Waals surface area (Å²) in [4.78, 5) is 33.4. The minimum atomic E-state index is -0.336. The molecule has 2 heterocycles. The van der Waals surface area contributed by atoms with Gasteiger partial charge in [-0.3, -0.25) is 9.59 Å².